The van der Waals surface area contributed by atoms with E-state index in [-0.39, 0.29) is 0 Å². The van der Waals surface area contributed by atoms with Gasteiger partial charge in [0, 0.05) is 5.69 Å². The van der Waals surface area contributed by atoms with Crippen LogP contribution in [0.5, 0.6) is 0 Å². The van der Waals surface area contributed by atoms with Gasteiger partial charge in [-0.2, -0.15) is 0 Å². The van der Waals surface area contributed by atoms with Gasteiger partial charge in [0.2, 0.25) is 0 Å². The quantitative estimate of drug-likeness (QED) is 0.415. The zero-order chi connectivity index (χ0) is 12.9. The number of fused-ring (bicyclic) bond motifs is 2. The molecule has 0 heterocycles. The minimum absolute atomic E-state index is 0.613. The summed E-state index contributed by atoms with van der Waals surface area (Å²) in [5.74, 6) is 0. The Kier molecular flexibility index (Phi) is 2.10. The first-order valence-corrected chi connectivity index (χ1v) is 5.83. The molecule has 0 radical (unpaired) electrons. The number of rotatable bonds is 0. The van der Waals surface area contributed by atoms with Crippen molar-refractivity contribution < 1.29 is 0 Å². The number of hydrogen-bond acceptors (Lipinski definition) is 3. The monoisotopic (exact) mass is 237 g/mol. The van der Waals surface area contributed by atoms with E-state index in [9.17, 15) is 0 Å². The molecule has 3 nitrogen and oxygen atoms in total. The van der Waals surface area contributed by atoms with Gasteiger partial charge in [0.25, 0.3) is 0 Å². The van der Waals surface area contributed by atoms with E-state index in [1.165, 1.54) is 5.39 Å². The highest BCUT2D eigenvalue weighted by Crippen LogP contribution is 2.30. The Bertz CT molecular complexity index is 647. The van der Waals surface area contributed by atoms with Crippen LogP contribution in [0.25, 0.3) is 21.5 Å². The number of aryl methyl sites for hydroxylation is 1. The zero-order valence-electron chi connectivity index (χ0n) is 10.2. The normalized spacial score (nSPS) is 11.2. The minimum atomic E-state index is 0.613. The summed E-state index contributed by atoms with van der Waals surface area (Å²) in [6, 6.07) is 12.1. The molecule has 0 aliphatic carbocycles. The molecule has 0 amide bonds. The Morgan fingerprint density at radius 3 is 1.44 bits per heavy atom. The predicted octanol–water partition coefficient (Wildman–Crippen LogP) is 3.05. The van der Waals surface area contributed by atoms with Crippen LogP contribution in [0, 0.1) is 6.92 Å². The van der Waals surface area contributed by atoms with Crippen LogP contribution in [0.15, 0.2) is 36.4 Å². The van der Waals surface area contributed by atoms with E-state index in [0.717, 1.165) is 27.4 Å². The van der Waals surface area contributed by atoms with Crippen molar-refractivity contribution in [2.45, 2.75) is 6.92 Å². The van der Waals surface area contributed by atoms with Gasteiger partial charge in [-0.05, 0) is 70.4 Å². The highest BCUT2D eigenvalue weighted by Gasteiger charge is 2.03. The molecule has 0 saturated heterocycles. The molecule has 0 unspecified atom stereocenters. The molecule has 0 atom stereocenters. The molecule has 0 fully saturated rings. The minimum Gasteiger partial charge on any atom is -0.398 e. The topological polar surface area (TPSA) is 78.1 Å². The van der Waals surface area contributed by atoms with Crippen molar-refractivity contribution in [1.29, 1.82) is 0 Å². The van der Waals surface area contributed by atoms with Crippen LogP contribution in [-0.2, 0) is 0 Å². The summed E-state index contributed by atoms with van der Waals surface area (Å²) in [6.07, 6.45) is 0. The first-order chi connectivity index (χ1) is 8.54. The van der Waals surface area contributed by atoms with Crippen LogP contribution in [0.4, 0.5) is 17.1 Å². The van der Waals surface area contributed by atoms with E-state index in [2.05, 4.69) is 18.2 Å². The van der Waals surface area contributed by atoms with Crippen LogP contribution >= 0.6 is 0 Å². The van der Waals surface area contributed by atoms with E-state index in [0.29, 0.717) is 11.4 Å². The van der Waals surface area contributed by atoms with Crippen molar-refractivity contribution in [1.82, 2.24) is 0 Å². The molecule has 0 spiro atoms. The van der Waals surface area contributed by atoms with Gasteiger partial charge in [-0.25, -0.2) is 0 Å². The third-order valence-corrected chi connectivity index (χ3v) is 3.38. The van der Waals surface area contributed by atoms with E-state index in [1.54, 1.807) is 0 Å². The molecule has 3 rings (SSSR count). The zero-order valence-corrected chi connectivity index (χ0v) is 10.2. The Morgan fingerprint density at radius 1 is 0.556 bits per heavy atom. The van der Waals surface area contributed by atoms with Gasteiger partial charge in [0.1, 0.15) is 0 Å². The maximum absolute atomic E-state index is 5.94. The Hall–Kier alpha value is -2.42. The molecule has 6 N–H and O–H groups in total. The van der Waals surface area contributed by atoms with Crippen molar-refractivity contribution in [2.24, 2.45) is 0 Å². The largest absolute Gasteiger partial charge is 0.398 e. The lowest BCUT2D eigenvalue weighted by atomic mass is 10.00. The summed E-state index contributed by atoms with van der Waals surface area (Å²) in [4.78, 5) is 0. The average molecular weight is 237 g/mol. The summed E-state index contributed by atoms with van der Waals surface area (Å²) >= 11 is 0. The van der Waals surface area contributed by atoms with Crippen molar-refractivity contribution in [2.75, 3.05) is 17.2 Å². The molecule has 0 aliphatic rings. The second-order valence-corrected chi connectivity index (χ2v) is 4.74. The maximum atomic E-state index is 5.94. The third kappa shape index (κ3) is 1.52. The predicted molar refractivity (Wildman–Crippen MR) is 79.4 cm³/mol. The Morgan fingerprint density at radius 2 is 0.944 bits per heavy atom. The summed E-state index contributed by atoms with van der Waals surface area (Å²) in [5.41, 5.74) is 20.7. The third-order valence-electron chi connectivity index (χ3n) is 3.38. The van der Waals surface area contributed by atoms with Gasteiger partial charge < -0.3 is 17.2 Å². The molecule has 3 heteroatoms. The fourth-order valence-electron chi connectivity index (χ4n) is 2.27. The first kappa shape index (κ1) is 10.7. The summed E-state index contributed by atoms with van der Waals surface area (Å²) in [5, 5.41) is 4.46. The maximum Gasteiger partial charge on any atom is 0.0554 e. The van der Waals surface area contributed by atoms with Crippen LogP contribution in [0.3, 0.4) is 0 Å². The molecule has 0 bridgehead atoms. The molecule has 3 aromatic rings. The summed E-state index contributed by atoms with van der Waals surface area (Å²) in [6.45, 7) is 2.01. The second-order valence-electron chi connectivity index (χ2n) is 4.74. The second kappa shape index (κ2) is 3.53. The van der Waals surface area contributed by atoms with E-state index in [4.69, 9.17) is 17.2 Å². The molecule has 0 aromatic heterocycles. The molecule has 0 saturated carbocycles. The fraction of sp³-hybridized carbons (Fsp3) is 0.0667. The lowest BCUT2D eigenvalue weighted by Crippen LogP contribution is -1.94. The summed E-state index contributed by atoms with van der Waals surface area (Å²) < 4.78 is 0. The van der Waals surface area contributed by atoms with Crippen molar-refractivity contribution in [3.63, 3.8) is 0 Å². The van der Waals surface area contributed by atoms with Gasteiger partial charge in [0.15, 0.2) is 0 Å². The van der Waals surface area contributed by atoms with E-state index >= 15 is 0 Å². The fourth-order valence-corrected chi connectivity index (χ4v) is 2.27. The Labute approximate surface area is 105 Å². The van der Waals surface area contributed by atoms with Crippen LogP contribution < -0.4 is 17.2 Å². The Balaban J connectivity index is 2.43. The van der Waals surface area contributed by atoms with Gasteiger partial charge in [-0.1, -0.05) is 0 Å². The number of anilines is 3. The standard InChI is InChI=1S/C15H15N3/c1-8-2-9-3-11-6-14(17)15(18)7-12(11)4-10(9)5-13(8)16/h2-7H,16-18H2,1H3. The highest BCUT2D eigenvalue weighted by atomic mass is 14.7. The number of nitrogen functional groups attached to an aromatic ring is 3. The van der Waals surface area contributed by atoms with E-state index < -0.39 is 0 Å². The molecule has 3 aromatic carbocycles. The van der Waals surface area contributed by atoms with Gasteiger partial charge in [0.05, 0.1) is 11.4 Å². The molecule has 0 aliphatic heterocycles. The van der Waals surface area contributed by atoms with Crippen LogP contribution in [0.1, 0.15) is 5.56 Å². The van der Waals surface area contributed by atoms with Crippen LogP contribution in [-0.4, -0.2) is 0 Å². The lowest BCUT2D eigenvalue weighted by molar-refractivity contribution is 1.50. The first-order valence-electron chi connectivity index (χ1n) is 5.83. The summed E-state index contributed by atoms with van der Waals surface area (Å²) in [7, 11) is 0. The van der Waals surface area contributed by atoms with Gasteiger partial charge in [-0.15, -0.1) is 0 Å². The van der Waals surface area contributed by atoms with Crippen LogP contribution in [0.2, 0.25) is 0 Å². The number of nitrogens with two attached hydrogens (primary N) is 3. The molecular formula is C15H15N3. The molecule has 90 valence electrons. The van der Waals surface area contributed by atoms with Crippen molar-refractivity contribution >= 4 is 38.6 Å². The van der Waals surface area contributed by atoms with E-state index in [1.807, 2.05) is 25.1 Å². The SMILES string of the molecule is Cc1cc2cc3cc(N)c(N)cc3cc2cc1N. The number of benzene rings is 3. The molecular weight excluding hydrogens is 222 g/mol. The average Bonchev–Trinajstić information content (AvgIpc) is 2.31. The smallest absolute Gasteiger partial charge is 0.0554 e. The highest BCUT2D eigenvalue weighted by molar-refractivity contribution is 6.02. The van der Waals surface area contributed by atoms with Crippen molar-refractivity contribution in [3.8, 4) is 0 Å². The molecule has 18 heavy (non-hydrogen) atoms. The van der Waals surface area contributed by atoms with Gasteiger partial charge >= 0.3 is 0 Å². The van der Waals surface area contributed by atoms with Gasteiger partial charge in [-0.3, -0.25) is 0 Å². The van der Waals surface area contributed by atoms with Crippen molar-refractivity contribution in [3.05, 3.63) is 42.0 Å². The number of hydrogen-bond donors (Lipinski definition) is 3. The lowest BCUT2D eigenvalue weighted by Gasteiger charge is -2.08.